The molecule has 0 fully saturated rings. The van der Waals surface area contributed by atoms with Crippen LogP contribution in [0.2, 0.25) is 0 Å². The summed E-state index contributed by atoms with van der Waals surface area (Å²) in [5, 5.41) is 8.04. The highest BCUT2D eigenvalue weighted by Gasteiger charge is 2.14. The maximum absolute atomic E-state index is 6.53. The van der Waals surface area contributed by atoms with E-state index in [1.807, 2.05) is 0 Å². The average molecular weight is 338 g/mol. The van der Waals surface area contributed by atoms with Crippen molar-refractivity contribution < 1.29 is 0 Å². The van der Waals surface area contributed by atoms with Gasteiger partial charge in [-0.3, -0.25) is 0 Å². The van der Waals surface area contributed by atoms with Crippen molar-refractivity contribution in [2.24, 2.45) is 5.73 Å². The molecule has 0 aliphatic rings. The van der Waals surface area contributed by atoms with Crippen LogP contribution in [0.15, 0.2) is 54.6 Å². The minimum absolute atomic E-state index is 0. The molecule has 0 amide bonds. The van der Waals surface area contributed by atoms with E-state index in [9.17, 15) is 0 Å². The van der Waals surface area contributed by atoms with E-state index in [0.29, 0.717) is 0 Å². The molecule has 2 heteroatoms. The zero-order valence-corrected chi connectivity index (χ0v) is 14.9. The highest BCUT2D eigenvalue weighted by Crippen LogP contribution is 2.37. The molecule has 0 saturated carbocycles. The quantitative estimate of drug-likeness (QED) is 0.323. The SMILES string of the molecule is CCCCC[C@@H](N)c1ccc2ccc3cccc4ccc1c2c34.Cl. The molecule has 24 heavy (non-hydrogen) atoms. The first-order chi connectivity index (χ1) is 11.3. The number of rotatable bonds is 5. The first-order valence-corrected chi connectivity index (χ1v) is 8.71. The fourth-order valence-corrected chi connectivity index (χ4v) is 3.85. The van der Waals surface area contributed by atoms with Crippen LogP contribution in [0.1, 0.15) is 44.2 Å². The Labute approximate surface area is 149 Å². The molecule has 1 atom stereocenters. The topological polar surface area (TPSA) is 26.0 Å². The van der Waals surface area contributed by atoms with Crippen molar-refractivity contribution in [1.29, 1.82) is 0 Å². The van der Waals surface area contributed by atoms with Crippen LogP contribution in [0.4, 0.5) is 0 Å². The lowest BCUT2D eigenvalue weighted by Gasteiger charge is -2.18. The number of nitrogens with two attached hydrogens (primary N) is 1. The van der Waals surface area contributed by atoms with Crippen LogP contribution < -0.4 is 5.73 Å². The predicted molar refractivity (Wildman–Crippen MR) is 108 cm³/mol. The van der Waals surface area contributed by atoms with Gasteiger partial charge in [0, 0.05) is 6.04 Å². The number of unbranched alkanes of at least 4 members (excludes halogenated alkanes) is 2. The van der Waals surface area contributed by atoms with Crippen LogP contribution in [0, 0.1) is 0 Å². The Balaban J connectivity index is 0.00000169. The molecule has 124 valence electrons. The van der Waals surface area contributed by atoms with Crippen LogP contribution in [0.3, 0.4) is 0 Å². The summed E-state index contributed by atoms with van der Waals surface area (Å²) in [5.74, 6) is 0. The standard InChI is InChI=1S/C22H23N.ClH/c1-2-3-4-8-20(23)18-13-11-17-10-9-15-6-5-7-16-12-14-19(18)22(17)21(15)16;/h5-7,9-14,20H,2-4,8,23H2,1H3;1H/t20-;/m1./s1. The Morgan fingerprint density at radius 1 is 0.792 bits per heavy atom. The second-order valence-corrected chi connectivity index (χ2v) is 6.61. The molecule has 0 aromatic heterocycles. The molecule has 0 aliphatic heterocycles. The predicted octanol–water partition coefficient (Wildman–Crippen LogP) is 6.59. The fraction of sp³-hybridized carbons (Fsp3) is 0.273. The van der Waals surface area contributed by atoms with Gasteiger partial charge in [-0.2, -0.15) is 0 Å². The first kappa shape index (κ1) is 17.0. The van der Waals surface area contributed by atoms with Crippen molar-refractivity contribution in [3.63, 3.8) is 0 Å². The van der Waals surface area contributed by atoms with Gasteiger partial charge in [-0.1, -0.05) is 80.8 Å². The Hall–Kier alpha value is -1.83. The van der Waals surface area contributed by atoms with Gasteiger partial charge in [0.1, 0.15) is 0 Å². The van der Waals surface area contributed by atoms with Gasteiger partial charge in [-0.25, -0.2) is 0 Å². The van der Waals surface area contributed by atoms with Gasteiger partial charge in [-0.05, 0) is 44.3 Å². The second kappa shape index (κ2) is 6.96. The molecule has 0 unspecified atom stereocenters. The molecule has 4 rings (SSSR count). The second-order valence-electron chi connectivity index (χ2n) is 6.61. The molecular formula is C22H24ClN. The van der Waals surface area contributed by atoms with Crippen molar-refractivity contribution in [2.75, 3.05) is 0 Å². The van der Waals surface area contributed by atoms with Crippen LogP contribution in [0.5, 0.6) is 0 Å². The number of halogens is 1. The molecule has 0 aliphatic carbocycles. The number of hydrogen-bond acceptors (Lipinski definition) is 1. The fourth-order valence-electron chi connectivity index (χ4n) is 3.85. The molecule has 0 spiro atoms. The minimum atomic E-state index is 0. The Kier molecular flexibility index (Phi) is 4.93. The average Bonchev–Trinajstić information content (AvgIpc) is 2.59. The molecule has 4 aromatic carbocycles. The normalized spacial score (nSPS) is 12.8. The van der Waals surface area contributed by atoms with Crippen LogP contribution in [-0.2, 0) is 0 Å². The summed E-state index contributed by atoms with van der Waals surface area (Å²) in [6.07, 6.45) is 4.78. The smallest absolute Gasteiger partial charge is 0.0301 e. The Morgan fingerprint density at radius 2 is 1.42 bits per heavy atom. The highest BCUT2D eigenvalue weighted by molar-refractivity contribution is 6.23. The van der Waals surface area contributed by atoms with Gasteiger partial charge in [0.25, 0.3) is 0 Å². The van der Waals surface area contributed by atoms with Gasteiger partial charge >= 0.3 is 0 Å². The zero-order chi connectivity index (χ0) is 15.8. The van der Waals surface area contributed by atoms with Crippen LogP contribution >= 0.6 is 12.4 Å². The summed E-state index contributed by atoms with van der Waals surface area (Å²) in [7, 11) is 0. The highest BCUT2D eigenvalue weighted by atomic mass is 35.5. The molecule has 0 saturated heterocycles. The van der Waals surface area contributed by atoms with Crippen molar-refractivity contribution in [3.05, 3.63) is 60.2 Å². The first-order valence-electron chi connectivity index (χ1n) is 8.71. The van der Waals surface area contributed by atoms with E-state index in [2.05, 4.69) is 61.5 Å². The summed E-state index contributed by atoms with van der Waals surface area (Å²) in [5.41, 5.74) is 7.83. The van der Waals surface area contributed by atoms with E-state index in [-0.39, 0.29) is 18.4 Å². The van der Waals surface area contributed by atoms with Gasteiger partial charge in [0.05, 0.1) is 0 Å². The summed E-state index contributed by atoms with van der Waals surface area (Å²) in [4.78, 5) is 0. The third-order valence-electron chi connectivity index (χ3n) is 5.08. The van der Waals surface area contributed by atoms with Crippen molar-refractivity contribution in [3.8, 4) is 0 Å². The molecule has 2 N–H and O–H groups in total. The monoisotopic (exact) mass is 337 g/mol. The molecule has 0 radical (unpaired) electrons. The van der Waals surface area contributed by atoms with Crippen molar-refractivity contribution in [1.82, 2.24) is 0 Å². The molecule has 0 bridgehead atoms. The summed E-state index contributed by atoms with van der Waals surface area (Å²) >= 11 is 0. The van der Waals surface area contributed by atoms with Crippen LogP contribution in [0.25, 0.3) is 32.3 Å². The lowest BCUT2D eigenvalue weighted by atomic mass is 9.89. The van der Waals surface area contributed by atoms with Gasteiger partial charge in [0.2, 0.25) is 0 Å². The summed E-state index contributed by atoms with van der Waals surface area (Å²) in [6, 6.07) is 20.1. The van der Waals surface area contributed by atoms with E-state index in [4.69, 9.17) is 5.73 Å². The molecular weight excluding hydrogens is 314 g/mol. The lowest BCUT2D eigenvalue weighted by molar-refractivity contribution is 0.584. The third-order valence-corrected chi connectivity index (χ3v) is 5.08. The number of hydrogen-bond donors (Lipinski definition) is 1. The number of benzene rings is 4. The summed E-state index contributed by atoms with van der Waals surface area (Å²) in [6.45, 7) is 2.24. The summed E-state index contributed by atoms with van der Waals surface area (Å²) < 4.78 is 0. The van der Waals surface area contributed by atoms with Crippen molar-refractivity contribution >= 4 is 44.7 Å². The molecule has 0 heterocycles. The van der Waals surface area contributed by atoms with Gasteiger partial charge < -0.3 is 5.73 Å². The third kappa shape index (κ3) is 2.72. The lowest BCUT2D eigenvalue weighted by Crippen LogP contribution is -2.10. The van der Waals surface area contributed by atoms with E-state index in [1.54, 1.807) is 0 Å². The van der Waals surface area contributed by atoms with Gasteiger partial charge in [-0.15, -0.1) is 12.4 Å². The largest absolute Gasteiger partial charge is 0.324 e. The molecule has 4 aromatic rings. The van der Waals surface area contributed by atoms with E-state index >= 15 is 0 Å². The van der Waals surface area contributed by atoms with Crippen LogP contribution in [-0.4, -0.2) is 0 Å². The van der Waals surface area contributed by atoms with E-state index in [1.165, 1.54) is 57.1 Å². The van der Waals surface area contributed by atoms with E-state index in [0.717, 1.165) is 6.42 Å². The zero-order valence-electron chi connectivity index (χ0n) is 14.1. The Bertz CT molecular complexity index is 944. The van der Waals surface area contributed by atoms with Crippen molar-refractivity contribution in [2.45, 2.75) is 38.6 Å². The van der Waals surface area contributed by atoms with Gasteiger partial charge in [0.15, 0.2) is 0 Å². The Morgan fingerprint density at radius 3 is 2.12 bits per heavy atom. The van der Waals surface area contributed by atoms with E-state index < -0.39 is 0 Å². The minimum Gasteiger partial charge on any atom is -0.324 e. The maximum atomic E-state index is 6.53. The molecule has 1 nitrogen and oxygen atoms in total. The maximum Gasteiger partial charge on any atom is 0.0301 e.